The van der Waals surface area contributed by atoms with Crippen LogP contribution in [0.5, 0.6) is 0 Å². The van der Waals surface area contributed by atoms with E-state index in [0.717, 1.165) is 58.3 Å². The van der Waals surface area contributed by atoms with Crippen molar-refractivity contribution in [3.05, 3.63) is 56.8 Å². The number of hydrogen-bond acceptors (Lipinski definition) is 3. The standard InChI is InChI=1S/C23H26BrNO2/c1-3-13-9-17-22(19(26)11-13)21(15-5-7-16(24)8-6-15)23-18(25-17)10-14(4-2)12-20(23)27/h5-8,13-14,21,25H,3-4,9-12H2,1-2H3. The lowest BCUT2D eigenvalue weighted by atomic mass is 9.68. The summed E-state index contributed by atoms with van der Waals surface area (Å²) in [5.41, 5.74) is 4.85. The monoisotopic (exact) mass is 427 g/mol. The summed E-state index contributed by atoms with van der Waals surface area (Å²) in [6.07, 6.45) is 5.03. The predicted octanol–water partition coefficient (Wildman–Crippen LogP) is 5.42. The van der Waals surface area contributed by atoms with Crippen LogP contribution in [0.15, 0.2) is 51.3 Å². The number of dihydropyridines is 1. The van der Waals surface area contributed by atoms with Crippen molar-refractivity contribution < 1.29 is 9.59 Å². The van der Waals surface area contributed by atoms with Crippen molar-refractivity contribution >= 4 is 27.5 Å². The first-order valence-corrected chi connectivity index (χ1v) is 10.9. The molecule has 0 fully saturated rings. The summed E-state index contributed by atoms with van der Waals surface area (Å²) in [4.78, 5) is 26.2. The highest BCUT2D eigenvalue weighted by Gasteiger charge is 2.42. The highest BCUT2D eigenvalue weighted by atomic mass is 79.9. The fourth-order valence-corrected chi connectivity index (χ4v) is 5.09. The summed E-state index contributed by atoms with van der Waals surface area (Å²) in [6.45, 7) is 4.31. The number of carbonyl (C=O) groups is 2. The third-order valence-corrected chi connectivity index (χ3v) is 6.95. The van der Waals surface area contributed by atoms with Crippen molar-refractivity contribution in [1.82, 2.24) is 5.32 Å². The van der Waals surface area contributed by atoms with Gasteiger partial charge in [0.15, 0.2) is 11.6 Å². The van der Waals surface area contributed by atoms with Gasteiger partial charge in [-0.3, -0.25) is 9.59 Å². The molecule has 0 radical (unpaired) electrons. The molecule has 1 aromatic rings. The van der Waals surface area contributed by atoms with Gasteiger partial charge in [-0.1, -0.05) is 54.8 Å². The zero-order chi connectivity index (χ0) is 19.1. The first-order chi connectivity index (χ1) is 13.0. The van der Waals surface area contributed by atoms with Crippen LogP contribution in [0.1, 0.15) is 63.9 Å². The quantitative estimate of drug-likeness (QED) is 0.699. The topological polar surface area (TPSA) is 46.2 Å². The van der Waals surface area contributed by atoms with E-state index in [4.69, 9.17) is 0 Å². The number of rotatable bonds is 3. The number of hydrogen-bond donors (Lipinski definition) is 1. The van der Waals surface area contributed by atoms with Gasteiger partial charge in [0.2, 0.25) is 0 Å². The molecule has 0 saturated heterocycles. The van der Waals surface area contributed by atoms with Gasteiger partial charge < -0.3 is 5.32 Å². The highest BCUT2D eigenvalue weighted by Crippen LogP contribution is 2.47. The van der Waals surface area contributed by atoms with E-state index in [1.54, 1.807) is 0 Å². The molecule has 2 atom stereocenters. The molecule has 2 unspecified atom stereocenters. The Hall–Kier alpha value is -1.68. The molecule has 0 aromatic heterocycles. The van der Waals surface area contributed by atoms with E-state index in [2.05, 4.69) is 35.1 Å². The van der Waals surface area contributed by atoms with Gasteiger partial charge in [0.05, 0.1) is 0 Å². The lowest BCUT2D eigenvalue weighted by molar-refractivity contribution is -0.118. The van der Waals surface area contributed by atoms with Gasteiger partial charge >= 0.3 is 0 Å². The van der Waals surface area contributed by atoms with Crippen molar-refractivity contribution in [2.75, 3.05) is 0 Å². The molecule has 0 amide bonds. The van der Waals surface area contributed by atoms with Crippen LogP contribution < -0.4 is 5.32 Å². The van der Waals surface area contributed by atoms with E-state index in [1.807, 2.05) is 24.3 Å². The van der Waals surface area contributed by atoms with Crippen molar-refractivity contribution in [2.45, 2.75) is 58.3 Å². The van der Waals surface area contributed by atoms with E-state index in [9.17, 15) is 9.59 Å². The molecule has 1 N–H and O–H groups in total. The van der Waals surface area contributed by atoms with E-state index >= 15 is 0 Å². The lowest BCUT2D eigenvalue weighted by Crippen LogP contribution is -2.39. The molecule has 27 heavy (non-hydrogen) atoms. The van der Waals surface area contributed by atoms with Crippen molar-refractivity contribution in [3.63, 3.8) is 0 Å². The molecule has 3 nitrogen and oxygen atoms in total. The number of allylic oxidation sites excluding steroid dienone is 4. The number of benzene rings is 1. The minimum Gasteiger partial charge on any atom is -0.362 e. The Balaban J connectivity index is 1.85. The van der Waals surface area contributed by atoms with Gasteiger partial charge in [-0.2, -0.15) is 0 Å². The first-order valence-electron chi connectivity index (χ1n) is 10.1. The van der Waals surface area contributed by atoms with Crippen LogP contribution in [-0.4, -0.2) is 11.6 Å². The largest absolute Gasteiger partial charge is 0.362 e. The lowest BCUT2D eigenvalue weighted by Gasteiger charge is -2.40. The summed E-state index contributed by atoms with van der Waals surface area (Å²) in [5, 5.41) is 3.57. The average Bonchev–Trinajstić information content (AvgIpc) is 2.66. The van der Waals surface area contributed by atoms with Gasteiger partial charge in [-0.05, 0) is 42.4 Å². The SMILES string of the molecule is CCC1CC(=O)C2=C(C1)NC1=C(C(=O)CC(CC)C1)C2c1ccc(Br)cc1. The van der Waals surface area contributed by atoms with Crippen LogP contribution in [0.4, 0.5) is 0 Å². The summed E-state index contributed by atoms with van der Waals surface area (Å²) in [5.74, 6) is 1.01. The minimum atomic E-state index is -0.208. The van der Waals surface area contributed by atoms with E-state index in [0.29, 0.717) is 24.7 Å². The number of Topliss-reactive ketones (excluding diaryl/α,β-unsaturated/α-hetero) is 2. The maximum absolute atomic E-state index is 13.1. The second-order valence-corrected chi connectivity index (χ2v) is 9.02. The van der Waals surface area contributed by atoms with Crippen LogP contribution >= 0.6 is 15.9 Å². The van der Waals surface area contributed by atoms with Crippen LogP contribution in [0.3, 0.4) is 0 Å². The van der Waals surface area contributed by atoms with Gasteiger partial charge in [0, 0.05) is 45.8 Å². The Labute approximate surface area is 169 Å². The van der Waals surface area contributed by atoms with Crippen LogP contribution in [0.2, 0.25) is 0 Å². The molecule has 0 saturated carbocycles. The summed E-state index contributed by atoms with van der Waals surface area (Å²) in [7, 11) is 0. The van der Waals surface area contributed by atoms with Gasteiger partial charge in [-0.15, -0.1) is 0 Å². The zero-order valence-electron chi connectivity index (χ0n) is 16.0. The Kier molecular flexibility index (Phi) is 5.11. The summed E-state index contributed by atoms with van der Waals surface area (Å²) >= 11 is 3.50. The molecule has 142 valence electrons. The van der Waals surface area contributed by atoms with E-state index in [-0.39, 0.29) is 17.5 Å². The molecular formula is C23H26BrNO2. The number of halogens is 1. The fraction of sp³-hybridized carbons (Fsp3) is 0.478. The van der Waals surface area contributed by atoms with Crippen LogP contribution in [0, 0.1) is 11.8 Å². The molecule has 1 aromatic carbocycles. The third kappa shape index (κ3) is 3.33. The molecule has 4 heteroatoms. The molecule has 4 rings (SSSR count). The molecular weight excluding hydrogens is 402 g/mol. The summed E-state index contributed by atoms with van der Waals surface area (Å²) < 4.78 is 1.01. The normalized spacial score (nSPS) is 28.0. The number of carbonyl (C=O) groups excluding carboxylic acids is 2. The number of ketones is 2. The minimum absolute atomic E-state index is 0.208. The molecule has 1 heterocycles. The van der Waals surface area contributed by atoms with Crippen LogP contribution in [-0.2, 0) is 9.59 Å². The molecule has 0 spiro atoms. The Morgan fingerprint density at radius 1 is 0.852 bits per heavy atom. The van der Waals surface area contributed by atoms with Crippen molar-refractivity contribution in [2.24, 2.45) is 11.8 Å². The zero-order valence-corrected chi connectivity index (χ0v) is 17.6. The van der Waals surface area contributed by atoms with Gasteiger partial charge in [0.1, 0.15) is 0 Å². The Bertz CT molecular complexity index is 802. The van der Waals surface area contributed by atoms with Crippen LogP contribution in [0.25, 0.3) is 0 Å². The number of nitrogens with one attached hydrogen (secondary N) is 1. The van der Waals surface area contributed by atoms with Crippen molar-refractivity contribution in [3.8, 4) is 0 Å². The van der Waals surface area contributed by atoms with E-state index < -0.39 is 0 Å². The molecule has 2 aliphatic carbocycles. The molecule has 0 bridgehead atoms. The maximum atomic E-state index is 13.1. The smallest absolute Gasteiger partial charge is 0.161 e. The first kappa shape index (κ1) is 18.7. The maximum Gasteiger partial charge on any atom is 0.161 e. The fourth-order valence-electron chi connectivity index (χ4n) is 4.82. The average molecular weight is 428 g/mol. The molecule has 3 aliphatic rings. The molecule has 1 aliphatic heterocycles. The van der Waals surface area contributed by atoms with Gasteiger partial charge in [-0.25, -0.2) is 0 Å². The van der Waals surface area contributed by atoms with Crippen molar-refractivity contribution in [1.29, 1.82) is 0 Å². The third-order valence-electron chi connectivity index (χ3n) is 6.42. The second kappa shape index (κ2) is 7.38. The Morgan fingerprint density at radius 3 is 1.78 bits per heavy atom. The predicted molar refractivity (Wildman–Crippen MR) is 110 cm³/mol. The highest BCUT2D eigenvalue weighted by molar-refractivity contribution is 9.10. The summed E-state index contributed by atoms with van der Waals surface area (Å²) in [6, 6.07) is 8.10. The Morgan fingerprint density at radius 2 is 1.33 bits per heavy atom. The van der Waals surface area contributed by atoms with E-state index in [1.165, 1.54) is 0 Å². The van der Waals surface area contributed by atoms with Gasteiger partial charge in [0.25, 0.3) is 0 Å². The second-order valence-electron chi connectivity index (χ2n) is 8.11.